The number of hydrogen-bond donors (Lipinski definition) is 0. The standard InChI is InChI=1S/C29H29ClFN3O3/c1-19-11-12-21(15-20(19)2)26-17-27(24-9-4-5-10-25(24)30)34(32-26)28(35)18-33(13-14-37-3)29(36)22-7-6-8-23(31)16-22/h4-12,15-16,27H,13-14,17-18H2,1-3H3. The van der Waals surface area contributed by atoms with Crippen LogP contribution < -0.4 is 0 Å². The summed E-state index contributed by atoms with van der Waals surface area (Å²) in [6.07, 6.45) is 0.480. The Hall–Kier alpha value is -3.55. The summed E-state index contributed by atoms with van der Waals surface area (Å²) in [4.78, 5) is 28.2. The van der Waals surface area contributed by atoms with E-state index in [0.29, 0.717) is 11.4 Å². The number of halogens is 2. The van der Waals surface area contributed by atoms with Gasteiger partial charge in [-0.25, -0.2) is 9.40 Å². The number of carbonyl (C=O) groups is 2. The van der Waals surface area contributed by atoms with Crippen LogP contribution in [0.1, 0.15) is 45.1 Å². The fourth-order valence-electron chi connectivity index (χ4n) is 4.32. The zero-order valence-electron chi connectivity index (χ0n) is 21.1. The maximum absolute atomic E-state index is 13.8. The van der Waals surface area contributed by atoms with Crippen LogP contribution in [0.15, 0.2) is 71.8 Å². The summed E-state index contributed by atoms with van der Waals surface area (Å²) in [7, 11) is 1.51. The first kappa shape index (κ1) is 26.5. The number of hydrogen-bond acceptors (Lipinski definition) is 4. The Morgan fingerprint density at radius 1 is 1.08 bits per heavy atom. The number of aryl methyl sites for hydroxylation is 2. The Balaban J connectivity index is 1.66. The molecule has 192 valence electrons. The van der Waals surface area contributed by atoms with Gasteiger partial charge in [-0.05, 0) is 66.4 Å². The first-order chi connectivity index (χ1) is 17.8. The molecule has 1 aliphatic rings. The highest BCUT2D eigenvalue weighted by Crippen LogP contribution is 2.36. The number of rotatable bonds is 8. The van der Waals surface area contributed by atoms with Crippen molar-refractivity contribution in [1.29, 1.82) is 0 Å². The Bertz CT molecular complexity index is 1340. The predicted octanol–water partition coefficient (Wildman–Crippen LogP) is 5.56. The molecule has 4 rings (SSSR count). The van der Waals surface area contributed by atoms with E-state index in [-0.39, 0.29) is 31.2 Å². The normalized spacial score (nSPS) is 15.0. The molecule has 8 heteroatoms. The molecule has 0 aromatic heterocycles. The second-order valence-electron chi connectivity index (χ2n) is 9.06. The third kappa shape index (κ3) is 6.06. The molecule has 0 radical (unpaired) electrons. The first-order valence-electron chi connectivity index (χ1n) is 12.0. The molecule has 0 saturated carbocycles. The van der Waals surface area contributed by atoms with Crippen molar-refractivity contribution < 1.29 is 18.7 Å². The zero-order chi connectivity index (χ0) is 26.5. The van der Waals surface area contributed by atoms with Crippen molar-refractivity contribution in [3.8, 4) is 0 Å². The topological polar surface area (TPSA) is 62.2 Å². The Kier molecular flexibility index (Phi) is 8.36. The summed E-state index contributed by atoms with van der Waals surface area (Å²) in [5, 5.41) is 6.68. The summed E-state index contributed by atoms with van der Waals surface area (Å²) in [6, 6.07) is 18.4. The van der Waals surface area contributed by atoms with Gasteiger partial charge in [-0.1, -0.05) is 48.0 Å². The van der Waals surface area contributed by atoms with Crippen LogP contribution in [0.4, 0.5) is 4.39 Å². The van der Waals surface area contributed by atoms with Crippen molar-refractivity contribution in [1.82, 2.24) is 9.91 Å². The minimum atomic E-state index is -0.523. The van der Waals surface area contributed by atoms with Crippen LogP contribution in [0.3, 0.4) is 0 Å². The van der Waals surface area contributed by atoms with Crippen LogP contribution in [0.5, 0.6) is 0 Å². The van der Waals surface area contributed by atoms with Crippen molar-refractivity contribution in [3.63, 3.8) is 0 Å². The van der Waals surface area contributed by atoms with Crippen molar-refractivity contribution in [2.45, 2.75) is 26.3 Å². The van der Waals surface area contributed by atoms with E-state index in [0.717, 1.165) is 28.5 Å². The van der Waals surface area contributed by atoms with Gasteiger partial charge in [0.05, 0.1) is 18.4 Å². The molecule has 37 heavy (non-hydrogen) atoms. The monoisotopic (exact) mass is 521 g/mol. The molecule has 3 aromatic rings. The molecule has 1 unspecified atom stereocenters. The summed E-state index contributed by atoms with van der Waals surface area (Å²) >= 11 is 6.53. The third-order valence-corrected chi connectivity index (χ3v) is 6.86. The van der Waals surface area contributed by atoms with E-state index in [1.165, 1.54) is 40.8 Å². The summed E-state index contributed by atoms with van der Waals surface area (Å²) in [6.45, 7) is 4.22. The van der Waals surface area contributed by atoms with E-state index in [1.54, 1.807) is 6.07 Å². The van der Waals surface area contributed by atoms with Crippen molar-refractivity contribution >= 4 is 29.1 Å². The molecule has 2 amide bonds. The van der Waals surface area contributed by atoms with Crippen LogP contribution in [0.2, 0.25) is 5.02 Å². The number of ether oxygens (including phenoxy) is 1. The molecule has 1 heterocycles. The Morgan fingerprint density at radius 3 is 2.57 bits per heavy atom. The van der Waals surface area contributed by atoms with E-state index in [4.69, 9.17) is 21.4 Å². The predicted molar refractivity (Wildman–Crippen MR) is 142 cm³/mol. The van der Waals surface area contributed by atoms with E-state index >= 15 is 0 Å². The third-order valence-electron chi connectivity index (χ3n) is 6.52. The van der Waals surface area contributed by atoms with Crippen molar-refractivity contribution in [2.75, 3.05) is 26.8 Å². The minimum absolute atomic E-state index is 0.160. The molecule has 3 aromatic carbocycles. The lowest BCUT2D eigenvalue weighted by Gasteiger charge is -2.27. The molecule has 0 spiro atoms. The van der Waals surface area contributed by atoms with Crippen LogP contribution in [0.25, 0.3) is 0 Å². The van der Waals surface area contributed by atoms with Gasteiger partial charge >= 0.3 is 0 Å². The number of carbonyl (C=O) groups excluding carboxylic acids is 2. The zero-order valence-corrected chi connectivity index (χ0v) is 21.8. The van der Waals surface area contributed by atoms with Gasteiger partial charge in [0.15, 0.2) is 0 Å². The van der Waals surface area contributed by atoms with Crippen LogP contribution in [-0.2, 0) is 9.53 Å². The van der Waals surface area contributed by atoms with Crippen LogP contribution in [0, 0.1) is 19.7 Å². The van der Waals surface area contributed by atoms with Gasteiger partial charge < -0.3 is 9.64 Å². The lowest BCUT2D eigenvalue weighted by Crippen LogP contribution is -2.42. The summed E-state index contributed by atoms with van der Waals surface area (Å²) in [5.41, 5.74) is 4.93. The van der Waals surface area contributed by atoms with Gasteiger partial charge in [0.25, 0.3) is 11.8 Å². The van der Waals surface area contributed by atoms with Crippen LogP contribution in [-0.4, -0.2) is 54.2 Å². The number of benzene rings is 3. The van der Waals surface area contributed by atoms with Crippen molar-refractivity contribution in [2.24, 2.45) is 5.10 Å². The quantitative estimate of drug-likeness (QED) is 0.390. The first-order valence-corrected chi connectivity index (χ1v) is 12.4. The summed E-state index contributed by atoms with van der Waals surface area (Å²) in [5.74, 6) is -1.36. The molecule has 6 nitrogen and oxygen atoms in total. The highest BCUT2D eigenvalue weighted by Gasteiger charge is 2.35. The molecule has 1 atom stereocenters. The van der Waals surface area contributed by atoms with E-state index in [1.807, 2.05) is 44.2 Å². The number of nitrogens with zero attached hydrogens (tertiary/aromatic N) is 3. The lowest BCUT2D eigenvalue weighted by molar-refractivity contribution is -0.133. The largest absolute Gasteiger partial charge is 0.383 e. The lowest BCUT2D eigenvalue weighted by atomic mass is 9.96. The highest BCUT2D eigenvalue weighted by atomic mass is 35.5. The smallest absolute Gasteiger partial charge is 0.262 e. The van der Waals surface area contributed by atoms with Gasteiger partial charge in [0.1, 0.15) is 12.4 Å². The molecule has 0 bridgehead atoms. The van der Waals surface area contributed by atoms with Crippen molar-refractivity contribution in [3.05, 3.63) is 105 Å². The second-order valence-corrected chi connectivity index (χ2v) is 9.46. The SMILES string of the molecule is COCCN(CC(=O)N1N=C(c2ccc(C)c(C)c2)CC1c1ccccc1Cl)C(=O)c1cccc(F)c1. The van der Waals surface area contributed by atoms with Gasteiger partial charge in [0, 0.05) is 30.7 Å². The maximum atomic E-state index is 13.8. The highest BCUT2D eigenvalue weighted by molar-refractivity contribution is 6.31. The maximum Gasteiger partial charge on any atom is 0.262 e. The number of methoxy groups -OCH3 is 1. The number of hydrazone groups is 1. The van der Waals surface area contributed by atoms with Gasteiger partial charge in [-0.3, -0.25) is 9.59 Å². The average Bonchev–Trinajstić information content (AvgIpc) is 3.33. The minimum Gasteiger partial charge on any atom is -0.383 e. The average molecular weight is 522 g/mol. The second kappa shape index (κ2) is 11.7. The Morgan fingerprint density at radius 2 is 1.86 bits per heavy atom. The van der Waals surface area contributed by atoms with E-state index < -0.39 is 17.8 Å². The number of amides is 2. The molecule has 0 aliphatic carbocycles. The van der Waals surface area contributed by atoms with Gasteiger partial charge in [-0.15, -0.1) is 0 Å². The Labute approximate surface area is 221 Å². The van der Waals surface area contributed by atoms with E-state index in [9.17, 15) is 14.0 Å². The fourth-order valence-corrected chi connectivity index (χ4v) is 4.58. The molecule has 0 saturated heterocycles. The van der Waals surface area contributed by atoms with E-state index in [2.05, 4.69) is 6.07 Å². The molecular weight excluding hydrogens is 493 g/mol. The van der Waals surface area contributed by atoms with Gasteiger partial charge in [-0.2, -0.15) is 5.10 Å². The fraction of sp³-hybridized carbons (Fsp3) is 0.276. The molecule has 1 aliphatic heterocycles. The van der Waals surface area contributed by atoms with Crippen LogP contribution >= 0.6 is 11.6 Å². The molecular formula is C29H29ClFN3O3. The molecule has 0 N–H and O–H groups in total. The molecule has 0 fully saturated rings. The summed E-state index contributed by atoms with van der Waals surface area (Å²) < 4.78 is 18.9. The van der Waals surface area contributed by atoms with Gasteiger partial charge in [0.2, 0.25) is 0 Å².